The minimum Gasteiger partial charge on any atom is -0.489 e. The molecule has 1 heterocycles. The van der Waals surface area contributed by atoms with E-state index in [4.69, 9.17) is 9.47 Å². The third-order valence-electron chi connectivity index (χ3n) is 5.69. The number of sulfonamides is 1. The lowest BCUT2D eigenvalue weighted by molar-refractivity contribution is -0.384. The van der Waals surface area contributed by atoms with E-state index in [0.29, 0.717) is 18.1 Å². The molecule has 0 saturated heterocycles. The number of esters is 1. The summed E-state index contributed by atoms with van der Waals surface area (Å²) in [6.07, 6.45) is 0.137. The Hall–Kier alpha value is -3.41. The first kappa shape index (κ1) is 25.7. The van der Waals surface area contributed by atoms with E-state index in [9.17, 15) is 23.3 Å². The second kappa shape index (κ2) is 11.1. The molecular weight excluding hydrogens is 504 g/mol. The second-order valence-corrected chi connectivity index (χ2v) is 11.0. The molecule has 1 N–H and O–H groups in total. The Labute approximate surface area is 213 Å². The standard InChI is InChI=1S/C25H24N2O7S2/c1-33-24(28)15-17-6-11-23-22(14-17)25(21-5-3-2-4-18(21)16-34-23)35-13-12-26-36(31,32)20-9-7-19(8-10-20)27(29)30/h2-11,14,25-26H,12-13,15-16H2,1H3. The van der Waals surface area contributed by atoms with Crippen molar-refractivity contribution in [3.05, 3.63) is 99.1 Å². The summed E-state index contributed by atoms with van der Waals surface area (Å²) < 4.78 is 38.7. The fourth-order valence-corrected chi connectivity index (χ4v) is 6.28. The maximum absolute atomic E-state index is 12.6. The molecule has 0 amide bonds. The number of hydrogen-bond donors (Lipinski definition) is 1. The molecule has 1 aliphatic heterocycles. The van der Waals surface area contributed by atoms with Crippen LogP contribution in [0.25, 0.3) is 0 Å². The van der Waals surface area contributed by atoms with E-state index in [1.807, 2.05) is 42.5 Å². The highest BCUT2D eigenvalue weighted by Gasteiger charge is 2.26. The average molecular weight is 529 g/mol. The summed E-state index contributed by atoms with van der Waals surface area (Å²) in [5, 5.41) is 10.7. The van der Waals surface area contributed by atoms with Crippen LogP contribution in [0.1, 0.15) is 27.5 Å². The van der Waals surface area contributed by atoms with E-state index in [1.165, 1.54) is 19.2 Å². The van der Waals surface area contributed by atoms with Crippen LogP contribution in [0, 0.1) is 10.1 Å². The van der Waals surface area contributed by atoms with Gasteiger partial charge >= 0.3 is 5.97 Å². The van der Waals surface area contributed by atoms with Gasteiger partial charge in [0.05, 0.1) is 28.6 Å². The molecule has 1 unspecified atom stereocenters. The normalized spacial score (nSPS) is 14.6. The number of rotatable bonds is 9. The lowest BCUT2D eigenvalue weighted by Gasteiger charge is -2.20. The van der Waals surface area contributed by atoms with Gasteiger partial charge in [0.1, 0.15) is 12.4 Å². The fourth-order valence-electron chi connectivity index (χ4n) is 3.89. The SMILES string of the molecule is COC(=O)Cc1ccc2c(c1)C(SCCNS(=O)(=O)c1ccc([N+](=O)[O-])cc1)c1ccccc1CO2. The number of non-ortho nitro benzene ring substituents is 1. The van der Waals surface area contributed by atoms with Crippen molar-refractivity contribution in [3.63, 3.8) is 0 Å². The number of nitrogens with one attached hydrogen (secondary N) is 1. The molecule has 0 aliphatic carbocycles. The highest BCUT2D eigenvalue weighted by atomic mass is 32.2. The van der Waals surface area contributed by atoms with Crippen molar-refractivity contribution in [1.29, 1.82) is 0 Å². The van der Waals surface area contributed by atoms with E-state index in [0.717, 1.165) is 34.4 Å². The number of fused-ring (bicyclic) bond motifs is 2. The number of ether oxygens (including phenoxy) is 2. The summed E-state index contributed by atoms with van der Waals surface area (Å²) in [5.74, 6) is 0.824. The maximum Gasteiger partial charge on any atom is 0.309 e. The summed E-state index contributed by atoms with van der Waals surface area (Å²) in [6, 6.07) is 18.3. The van der Waals surface area contributed by atoms with Crippen LogP contribution in [0.3, 0.4) is 0 Å². The monoisotopic (exact) mass is 528 g/mol. The zero-order chi connectivity index (χ0) is 25.7. The van der Waals surface area contributed by atoms with Gasteiger partial charge in [0.25, 0.3) is 5.69 Å². The summed E-state index contributed by atoms with van der Waals surface area (Å²) in [7, 11) is -2.47. The van der Waals surface area contributed by atoms with Gasteiger partial charge in [-0.2, -0.15) is 0 Å². The Balaban J connectivity index is 1.51. The van der Waals surface area contributed by atoms with Gasteiger partial charge in [0, 0.05) is 30.0 Å². The molecule has 0 saturated carbocycles. The molecule has 0 bridgehead atoms. The van der Waals surface area contributed by atoms with Crippen LogP contribution in [0.15, 0.2) is 71.6 Å². The molecule has 188 valence electrons. The van der Waals surface area contributed by atoms with Crippen LogP contribution in [0.2, 0.25) is 0 Å². The van der Waals surface area contributed by atoms with Crippen LogP contribution in [0.4, 0.5) is 5.69 Å². The molecule has 9 nitrogen and oxygen atoms in total. The zero-order valence-electron chi connectivity index (χ0n) is 19.4. The number of hydrogen-bond acceptors (Lipinski definition) is 8. The third-order valence-corrected chi connectivity index (χ3v) is 8.45. The largest absolute Gasteiger partial charge is 0.489 e. The lowest BCUT2D eigenvalue weighted by Crippen LogP contribution is -2.26. The number of nitro groups is 1. The highest BCUT2D eigenvalue weighted by Crippen LogP contribution is 2.44. The van der Waals surface area contributed by atoms with Crippen LogP contribution in [-0.2, 0) is 32.6 Å². The van der Waals surface area contributed by atoms with Gasteiger partial charge in [-0.1, -0.05) is 36.4 Å². The van der Waals surface area contributed by atoms with E-state index in [1.54, 1.807) is 11.8 Å². The predicted octanol–water partition coefficient (Wildman–Crippen LogP) is 4.00. The molecule has 0 radical (unpaired) electrons. The number of nitrogens with zero attached hydrogens (tertiary/aromatic N) is 1. The number of benzene rings is 3. The number of carbonyl (C=O) groups excluding carboxylic acids is 1. The minimum atomic E-state index is -3.82. The molecular formula is C25H24N2O7S2. The van der Waals surface area contributed by atoms with Gasteiger partial charge in [0.2, 0.25) is 10.0 Å². The fraction of sp³-hybridized carbons (Fsp3) is 0.240. The molecule has 4 rings (SSSR count). The van der Waals surface area contributed by atoms with Crippen molar-refractivity contribution in [2.75, 3.05) is 19.4 Å². The average Bonchev–Trinajstić information content (AvgIpc) is 3.03. The Morgan fingerprint density at radius 3 is 2.61 bits per heavy atom. The molecule has 3 aromatic rings. The first-order valence-electron chi connectivity index (χ1n) is 11.0. The number of methoxy groups -OCH3 is 1. The third kappa shape index (κ3) is 5.86. The minimum absolute atomic E-state index is 0.0379. The van der Waals surface area contributed by atoms with E-state index in [-0.39, 0.29) is 34.8 Å². The summed E-state index contributed by atoms with van der Waals surface area (Å²) >= 11 is 1.56. The molecule has 1 atom stereocenters. The summed E-state index contributed by atoms with van der Waals surface area (Å²) in [4.78, 5) is 22.0. The first-order chi connectivity index (χ1) is 17.3. The Bertz CT molecular complexity index is 1380. The highest BCUT2D eigenvalue weighted by molar-refractivity contribution is 7.99. The van der Waals surface area contributed by atoms with Crippen molar-refractivity contribution in [2.45, 2.75) is 23.2 Å². The predicted molar refractivity (Wildman–Crippen MR) is 136 cm³/mol. The van der Waals surface area contributed by atoms with Crippen molar-refractivity contribution < 1.29 is 27.6 Å². The van der Waals surface area contributed by atoms with Crippen molar-refractivity contribution in [1.82, 2.24) is 4.72 Å². The van der Waals surface area contributed by atoms with E-state index < -0.39 is 14.9 Å². The second-order valence-electron chi connectivity index (χ2n) is 8.01. The molecule has 0 spiro atoms. The van der Waals surface area contributed by atoms with Crippen LogP contribution >= 0.6 is 11.8 Å². The number of thioether (sulfide) groups is 1. The summed E-state index contributed by atoms with van der Waals surface area (Å²) in [5.41, 5.74) is 3.63. The van der Waals surface area contributed by atoms with Crippen molar-refractivity contribution in [3.8, 4) is 5.75 Å². The quantitative estimate of drug-likeness (QED) is 0.191. The number of carbonyl (C=O) groups is 1. The Kier molecular flexibility index (Phi) is 7.92. The van der Waals surface area contributed by atoms with Crippen LogP contribution in [0.5, 0.6) is 5.75 Å². The molecule has 36 heavy (non-hydrogen) atoms. The van der Waals surface area contributed by atoms with Crippen molar-refractivity contribution in [2.24, 2.45) is 0 Å². The van der Waals surface area contributed by atoms with Crippen molar-refractivity contribution >= 4 is 33.4 Å². The van der Waals surface area contributed by atoms with Gasteiger partial charge in [-0.05, 0) is 34.9 Å². The maximum atomic E-state index is 12.6. The molecule has 0 fully saturated rings. The van der Waals surface area contributed by atoms with E-state index >= 15 is 0 Å². The molecule has 11 heteroatoms. The van der Waals surface area contributed by atoms with Gasteiger partial charge in [-0.15, -0.1) is 11.8 Å². The van der Waals surface area contributed by atoms with Gasteiger partial charge in [-0.3, -0.25) is 14.9 Å². The van der Waals surface area contributed by atoms with Gasteiger partial charge < -0.3 is 9.47 Å². The molecule has 1 aliphatic rings. The topological polar surface area (TPSA) is 125 Å². The Morgan fingerprint density at radius 1 is 1.14 bits per heavy atom. The van der Waals surface area contributed by atoms with Gasteiger partial charge in [0.15, 0.2) is 0 Å². The van der Waals surface area contributed by atoms with Gasteiger partial charge in [-0.25, -0.2) is 13.1 Å². The van der Waals surface area contributed by atoms with Crippen LogP contribution < -0.4 is 9.46 Å². The molecule has 0 aromatic heterocycles. The number of nitro benzene ring substituents is 1. The van der Waals surface area contributed by atoms with Crippen LogP contribution in [-0.4, -0.2) is 38.7 Å². The molecule has 3 aromatic carbocycles. The first-order valence-corrected chi connectivity index (χ1v) is 13.6. The lowest BCUT2D eigenvalue weighted by atomic mass is 9.98. The summed E-state index contributed by atoms with van der Waals surface area (Å²) in [6.45, 7) is 0.560. The zero-order valence-corrected chi connectivity index (χ0v) is 21.0. The smallest absolute Gasteiger partial charge is 0.309 e. The Morgan fingerprint density at radius 2 is 1.89 bits per heavy atom. The van der Waals surface area contributed by atoms with E-state index in [2.05, 4.69) is 4.72 Å².